The highest BCUT2D eigenvalue weighted by Crippen LogP contribution is 2.09. The number of benzene rings is 1. The van der Waals surface area contributed by atoms with E-state index in [-0.39, 0.29) is 17.4 Å². The van der Waals surface area contributed by atoms with Crippen molar-refractivity contribution in [1.29, 1.82) is 0 Å². The van der Waals surface area contributed by atoms with Crippen LogP contribution in [-0.4, -0.2) is 24.2 Å². The number of nitrogens with two attached hydrogens (primary N) is 2. The van der Waals surface area contributed by atoms with Crippen LogP contribution in [0.15, 0.2) is 58.3 Å². The summed E-state index contributed by atoms with van der Waals surface area (Å²) >= 11 is 0. The van der Waals surface area contributed by atoms with Crippen molar-refractivity contribution in [2.45, 2.75) is 6.92 Å². The smallest absolute Gasteiger partial charge is 0.261 e. The van der Waals surface area contributed by atoms with Gasteiger partial charge in [-0.15, -0.1) is 0 Å². The summed E-state index contributed by atoms with van der Waals surface area (Å²) in [5, 5.41) is 5.51. The van der Waals surface area contributed by atoms with Crippen LogP contribution in [0.2, 0.25) is 0 Å². The molecule has 7 nitrogen and oxygen atoms in total. The Labute approximate surface area is 128 Å². The van der Waals surface area contributed by atoms with Gasteiger partial charge >= 0.3 is 0 Å². The Balaban J connectivity index is 2.01. The van der Waals surface area contributed by atoms with Gasteiger partial charge in [0.15, 0.2) is 5.84 Å². The summed E-state index contributed by atoms with van der Waals surface area (Å²) in [4.78, 5) is 19.4. The van der Waals surface area contributed by atoms with Crippen molar-refractivity contribution < 1.29 is 4.79 Å². The highest BCUT2D eigenvalue weighted by molar-refractivity contribution is 6.29. The van der Waals surface area contributed by atoms with E-state index >= 15 is 0 Å². The number of rotatable bonds is 4. The van der Waals surface area contributed by atoms with Crippen molar-refractivity contribution in [1.82, 2.24) is 5.32 Å². The van der Waals surface area contributed by atoms with E-state index in [0.717, 1.165) is 5.69 Å². The molecule has 1 aromatic rings. The monoisotopic (exact) mass is 298 g/mol. The van der Waals surface area contributed by atoms with Crippen LogP contribution < -0.4 is 22.1 Å². The third kappa shape index (κ3) is 3.95. The van der Waals surface area contributed by atoms with Gasteiger partial charge in [0, 0.05) is 17.6 Å². The molecule has 0 atom stereocenters. The minimum absolute atomic E-state index is 0.0131. The van der Waals surface area contributed by atoms with Gasteiger partial charge in [0.2, 0.25) is 5.96 Å². The number of anilines is 1. The maximum absolute atomic E-state index is 11.5. The Kier molecular flexibility index (Phi) is 4.57. The minimum Gasteiger partial charge on any atom is -0.399 e. The Morgan fingerprint density at radius 3 is 2.82 bits per heavy atom. The normalized spacial score (nSPS) is 17.2. The summed E-state index contributed by atoms with van der Waals surface area (Å²) in [6.45, 7) is 6.04. The van der Waals surface area contributed by atoms with Gasteiger partial charge < -0.3 is 16.8 Å². The summed E-state index contributed by atoms with van der Waals surface area (Å²) in [5.41, 5.74) is 14.1. The van der Waals surface area contributed by atoms with Crippen molar-refractivity contribution in [2.75, 3.05) is 11.9 Å². The minimum atomic E-state index is -0.420. The quantitative estimate of drug-likeness (QED) is 0.609. The van der Waals surface area contributed by atoms with Crippen LogP contribution in [0.5, 0.6) is 0 Å². The molecule has 0 saturated carbocycles. The first-order chi connectivity index (χ1) is 10.5. The first-order valence-corrected chi connectivity index (χ1v) is 6.63. The molecule has 0 spiro atoms. The number of nitrogens with one attached hydrogen (secondary N) is 2. The zero-order chi connectivity index (χ0) is 16.1. The van der Waals surface area contributed by atoms with Crippen LogP contribution in [0, 0.1) is 6.92 Å². The van der Waals surface area contributed by atoms with E-state index in [1.165, 1.54) is 11.8 Å². The lowest BCUT2D eigenvalue weighted by molar-refractivity contribution is -0.115. The highest BCUT2D eigenvalue weighted by Gasteiger charge is 2.19. The fourth-order valence-electron chi connectivity index (χ4n) is 1.67. The molecule has 7 heteroatoms. The van der Waals surface area contributed by atoms with Crippen molar-refractivity contribution in [3.05, 3.63) is 53.9 Å². The van der Waals surface area contributed by atoms with Crippen LogP contribution in [0.3, 0.4) is 0 Å². The molecule has 0 unspecified atom stereocenters. The second-order valence-corrected chi connectivity index (χ2v) is 4.81. The third-order valence-electron chi connectivity index (χ3n) is 2.91. The first-order valence-electron chi connectivity index (χ1n) is 6.63. The van der Waals surface area contributed by atoms with Crippen molar-refractivity contribution >= 4 is 23.4 Å². The van der Waals surface area contributed by atoms with Gasteiger partial charge in [-0.1, -0.05) is 24.3 Å². The highest BCUT2D eigenvalue weighted by atomic mass is 16.2. The average molecular weight is 298 g/mol. The summed E-state index contributed by atoms with van der Waals surface area (Å²) in [6, 6.07) is 7.94. The number of carbonyl (C=O) groups is 1. The lowest BCUT2D eigenvalue weighted by Crippen LogP contribution is -2.43. The topological polar surface area (TPSA) is 118 Å². The molecule has 0 fully saturated rings. The average Bonchev–Trinajstić information content (AvgIpc) is 2.49. The molecule has 1 heterocycles. The largest absolute Gasteiger partial charge is 0.399 e. The van der Waals surface area contributed by atoms with E-state index in [0.29, 0.717) is 12.2 Å². The molecule has 114 valence electrons. The first kappa shape index (κ1) is 15.3. The molecule has 1 aromatic carbocycles. The SMILES string of the molecule is C=C1C(=O)NC(N)=NC1=N/C=C(\N)CNc1ccc(C)cc1. The number of hydrogen-bond donors (Lipinski definition) is 4. The van der Waals surface area contributed by atoms with Gasteiger partial charge in [-0.3, -0.25) is 10.1 Å². The van der Waals surface area contributed by atoms with E-state index in [1.807, 2.05) is 31.2 Å². The molecule has 0 radical (unpaired) electrons. The Bertz CT molecular complexity index is 684. The maximum Gasteiger partial charge on any atom is 0.261 e. The molecule has 0 saturated heterocycles. The van der Waals surface area contributed by atoms with Gasteiger partial charge in [-0.05, 0) is 19.1 Å². The number of amides is 1. The maximum atomic E-state index is 11.5. The zero-order valence-corrected chi connectivity index (χ0v) is 12.3. The van der Waals surface area contributed by atoms with Gasteiger partial charge in [0.05, 0.1) is 12.1 Å². The predicted octanol–water partition coefficient (Wildman–Crippen LogP) is 0.606. The lowest BCUT2D eigenvalue weighted by Gasteiger charge is -2.12. The van der Waals surface area contributed by atoms with Crippen molar-refractivity contribution in [3.63, 3.8) is 0 Å². The van der Waals surface area contributed by atoms with E-state index in [2.05, 4.69) is 27.2 Å². The van der Waals surface area contributed by atoms with Gasteiger partial charge in [-0.25, -0.2) is 4.99 Å². The van der Waals surface area contributed by atoms with E-state index in [9.17, 15) is 4.79 Å². The Hall–Kier alpha value is -3.09. The molecular weight excluding hydrogens is 280 g/mol. The van der Waals surface area contributed by atoms with E-state index < -0.39 is 5.91 Å². The number of guanidine groups is 1. The molecule has 0 aliphatic carbocycles. The molecular formula is C15H18N6O. The second-order valence-electron chi connectivity index (χ2n) is 4.81. The van der Waals surface area contributed by atoms with Gasteiger partial charge in [-0.2, -0.15) is 4.99 Å². The number of amidine groups is 1. The Morgan fingerprint density at radius 2 is 2.14 bits per heavy atom. The molecule has 1 amide bonds. The van der Waals surface area contributed by atoms with Gasteiger partial charge in [0.1, 0.15) is 0 Å². The number of aryl methyl sites for hydroxylation is 1. The van der Waals surface area contributed by atoms with E-state index in [4.69, 9.17) is 11.5 Å². The summed E-state index contributed by atoms with van der Waals surface area (Å²) < 4.78 is 0. The molecule has 6 N–H and O–H groups in total. The summed E-state index contributed by atoms with van der Waals surface area (Å²) in [5.74, 6) is -0.281. The summed E-state index contributed by atoms with van der Waals surface area (Å²) in [7, 11) is 0. The molecule has 2 rings (SSSR count). The second kappa shape index (κ2) is 6.57. The molecule has 1 aliphatic heterocycles. The van der Waals surface area contributed by atoms with Crippen LogP contribution in [0.25, 0.3) is 0 Å². The van der Waals surface area contributed by atoms with Crippen molar-refractivity contribution in [3.8, 4) is 0 Å². The van der Waals surface area contributed by atoms with Crippen LogP contribution in [-0.2, 0) is 4.79 Å². The van der Waals surface area contributed by atoms with Gasteiger partial charge in [0.25, 0.3) is 5.91 Å². The molecule has 1 aliphatic rings. The molecule has 0 aromatic heterocycles. The molecule has 0 bridgehead atoms. The fraction of sp³-hybridized carbons (Fsp3) is 0.133. The van der Waals surface area contributed by atoms with Crippen LogP contribution >= 0.6 is 0 Å². The standard InChI is InChI=1S/C15H18N6O/c1-9-3-5-12(6-4-9)18-7-11(16)8-19-13-10(2)14(22)21-15(17)20-13/h3-6,8,18H,2,7,16H2,1H3,(H3,17,19,20,21,22)/b11-8-. The zero-order valence-electron chi connectivity index (χ0n) is 12.3. The van der Waals surface area contributed by atoms with E-state index in [1.54, 1.807) is 0 Å². The number of hydrogen-bond acceptors (Lipinski definition) is 5. The summed E-state index contributed by atoms with van der Waals surface area (Å²) in [6.07, 6.45) is 1.43. The third-order valence-corrected chi connectivity index (χ3v) is 2.91. The Morgan fingerprint density at radius 1 is 1.45 bits per heavy atom. The molecule has 22 heavy (non-hydrogen) atoms. The van der Waals surface area contributed by atoms with Crippen LogP contribution in [0.4, 0.5) is 5.69 Å². The fourth-order valence-corrected chi connectivity index (χ4v) is 1.67. The predicted molar refractivity (Wildman–Crippen MR) is 88.3 cm³/mol. The number of aliphatic imine (C=N–C) groups is 2. The lowest BCUT2D eigenvalue weighted by atomic mass is 10.2. The van der Waals surface area contributed by atoms with Crippen LogP contribution in [0.1, 0.15) is 5.56 Å². The van der Waals surface area contributed by atoms with Crippen molar-refractivity contribution in [2.24, 2.45) is 21.5 Å². The number of carbonyl (C=O) groups excluding carboxylic acids is 1. The number of nitrogens with zero attached hydrogens (tertiary/aromatic N) is 2.